The maximum Gasteiger partial charge on any atom is 0.0514 e. The Bertz CT molecular complexity index is 72.9. The third kappa shape index (κ3) is 5.25. The Morgan fingerprint density at radius 2 is 1.73 bits per heavy atom. The van der Waals surface area contributed by atoms with Crippen LogP contribution in [0, 0.1) is 5.92 Å². The van der Waals surface area contributed by atoms with Gasteiger partial charge in [-0.25, -0.2) is 0 Å². The Morgan fingerprint density at radius 1 is 1.27 bits per heavy atom. The van der Waals surface area contributed by atoms with Crippen molar-refractivity contribution in [2.45, 2.75) is 59.0 Å². The average molecular weight is 158 g/mol. The first-order valence-corrected chi connectivity index (χ1v) is 4.97. The minimum atomic E-state index is -0.0758. The standard InChI is InChI=1S/C8H16O.C2H6/c1-7(9)6-8-4-2-3-5-8;1-2/h7-9H,2-6H2,1H3;1-2H3. The summed E-state index contributed by atoms with van der Waals surface area (Å²) >= 11 is 0. The highest BCUT2D eigenvalue weighted by Crippen LogP contribution is 2.28. The molecule has 0 saturated heterocycles. The molecular formula is C10H22O. The molecule has 1 aliphatic rings. The van der Waals surface area contributed by atoms with E-state index in [4.69, 9.17) is 5.11 Å². The van der Waals surface area contributed by atoms with Gasteiger partial charge in [0.2, 0.25) is 0 Å². The van der Waals surface area contributed by atoms with Gasteiger partial charge in [-0.3, -0.25) is 0 Å². The summed E-state index contributed by atoms with van der Waals surface area (Å²) in [4.78, 5) is 0. The molecule has 1 unspecified atom stereocenters. The first-order chi connectivity index (χ1) is 5.29. The maximum absolute atomic E-state index is 9.01. The van der Waals surface area contributed by atoms with E-state index in [2.05, 4.69) is 0 Å². The normalized spacial score (nSPS) is 20.7. The molecule has 0 spiro atoms. The van der Waals surface area contributed by atoms with Crippen molar-refractivity contribution in [1.29, 1.82) is 0 Å². The lowest BCUT2D eigenvalue weighted by atomic mass is 10.0. The summed E-state index contributed by atoms with van der Waals surface area (Å²) in [5.74, 6) is 0.838. The van der Waals surface area contributed by atoms with E-state index in [1.807, 2.05) is 20.8 Å². The van der Waals surface area contributed by atoms with Crippen molar-refractivity contribution in [1.82, 2.24) is 0 Å². The SMILES string of the molecule is CC.CC(O)CC1CCCC1. The Balaban J connectivity index is 0.000000461. The molecule has 0 aromatic heterocycles. The molecule has 0 radical (unpaired) electrons. The molecule has 0 bridgehead atoms. The Labute approximate surface area is 70.8 Å². The fraction of sp³-hybridized carbons (Fsp3) is 1.00. The van der Waals surface area contributed by atoms with E-state index in [-0.39, 0.29) is 6.10 Å². The van der Waals surface area contributed by atoms with Gasteiger partial charge in [-0.15, -0.1) is 0 Å². The summed E-state index contributed by atoms with van der Waals surface area (Å²) in [6, 6.07) is 0. The van der Waals surface area contributed by atoms with Crippen LogP contribution >= 0.6 is 0 Å². The molecule has 1 heteroatoms. The molecule has 68 valence electrons. The van der Waals surface area contributed by atoms with Gasteiger partial charge in [-0.05, 0) is 19.3 Å². The van der Waals surface area contributed by atoms with Crippen molar-refractivity contribution in [2.75, 3.05) is 0 Å². The second kappa shape index (κ2) is 6.66. The van der Waals surface area contributed by atoms with Crippen LogP contribution in [0.4, 0.5) is 0 Å². The smallest absolute Gasteiger partial charge is 0.0514 e. The third-order valence-corrected chi connectivity index (χ3v) is 2.15. The van der Waals surface area contributed by atoms with Gasteiger partial charge in [-0.2, -0.15) is 0 Å². The summed E-state index contributed by atoms with van der Waals surface area (Å²) in [7, 11) is 0. The molecule has 0 heterocycles. The second-order valence-corrected chi connectivity index (χ2v) is 3.24. The van der Waals surface area contributed by atoms with E-state index < -0.39 is 0 Å². The van der Waals surface area contributed by atoms with Crippen molar-refractivity contribution in [3.05, 3.63) is 0 Å². The van der Waals surface area contributed by atoms with E-state index in [1.54, 1.807) is 0 Å². The molecule has 0 aliphatic heterocycles. The van der Waals surface area contributed by atoms with Crippen LogP contribution in [-0.4, -0.2) is 11.2 Å². The number of hydrogen-bond donors (Lipinski definition) is 1. The zero-order valence-electron chi connectivity index (χ0n) is 8.14. The zero-order valence-corrected chi connectivity index (χ0v) is 8.14. The number of aliphatic hydroxyl groups excluding tert-OH is 1. The van der Waals surface area contributed by atoms with Gasteiger partial charge in [0.25, 0.3) is 0 Å². The summed E-state index contributed by atoms with van der Waals surface area (Å²) in [6.45, 7) is 5.89. The Kier molecular flexibility index (Phi) is 6.63. The van der Waals surface area contributed by atoms with Gasteiger partial charge in [0.15, 0.2) is 0 Å². The molecule has 1 saturated carbocycles. The van der Waals surface area contributed by atoms with Gasteiger partial charge in [0.1, 0.15) is 0 Å². The van der Waals surface area contributed by atoms with Crippen molar-refractivity contribution < 1.29 is 5.11 Å². The van der Waals surface area contributed by atoms with E-state index in [0.717, 1.165) is 12.3 Å². The van der Waals surface area contributed by atoms with Gasteiger partial charge in [0.05, 0.1) is 6.10 Å². The van der Waals surface area contributed by atoms with E-state index >= 15 is 0 Å². The van der Waals surface area contributed by atoms with Crippen LogP contribution < -0.4 is 0 Å². The topological polar surface area (TPSA) is 20.2 Å². The molecule has 1 atom stereocenters. The molecular weight excluding hydrogens is 136 g/mol. The van der Waals surface area contributed by atoms with Crippen LogP contribution in [-0.2, 0) is 0 Å². The molecule has 1 aliphatic carbocycles. The molecule has 1 rings (SSSR count). The van der Waals surface area contributed by atoms with E-state index in [1.165, 1.54) is 25.7 Å². The number of aliphatic hydroxyl groups is 1. The molecule has 1 nitrogen and oxygen atoms in total. The quantitative estimate of drug-likeness (QED) is 0.655. The molecule has 0 aromatic rings. The third-order valence-electron chi connectivity index (χ3n) is 2.15. The number of hydrogen-bond acceptors (Lipinski definition) is 1. The highest BCUT2D eigenvalue weighted by molar-refractivity contribution is 4.68. The largest absolute Gasteiger partial charge is 0.393 e. The van der Waals surface area contributed by atoms with Crippen LogP contribution in [0.15, 0.2) is 0 Å². The molecule has 1 N–H and O–H groups in total. The van der Waals surface area contributed by atoms with Gasteiger partial charge in [0, 0.05) is 0 Å². The first kappa shape index (κ1) is 11.0. The van der Waals surface area contributed by atoms with Crippen LogP contribution in [0.3, 0.4) is 0 Å². The van der Waals surface area contributed by atoms with Crippen LogP contribution in [0.1, 0.15) is 52.9 Å². The van der Waals surface area contributed by atoms with Crippen LogP contribution in [0.2, 0.25) is 0 Å². The van der Waals surface area contributed by atoms with Crippen LogP contribution in [0.5, 0.6) is 0 Å². The average Bonchev–Trinajstić information content (AvgIpc) is 2.43. The number of rotatable bonds is 2. The van der Waals surface area contributed by atoms with Gasteiger partial charge in [-0.1, -0.05) is 39.5 Å². The highest BCUT2D eigenvalue weighted by Gasteiger charge is 2.15. The summed E-state index contributed by atoms with van der Waals surface area (Å²) in [6.07, 6.45) is 6.43. The van der Waals surface area contributed by atoms with Crippen molar-refractivity contribution >= 4 is 0 Å². The minimum absolute atomic E-state index is 0.0758. The monoisotopic (exact) mass is 158 g/mol. The molecule has 1 fully saturated rings. The molecule has 11 heavy (non-hydrogen) atoms. The first-order valence-electron chi connectivity index (χ1n) is 4.97. The predicted molar refractivity (Wildman–Crippen MR) is 49.6 cm³/mol. The Hall–Kier alpha value is -0.0400. The fourth-order valence-corrected chi connectivity index (χ4v) is 1.73. The fourth-order valence-electron chi connectivity index (χ4n) is 1.73. The molecule has 0 amide bonds. The summed E-state index contributed by atoms with van der Waals surface area (Å²) < 4.78 is 0. The summed E-state index contributed by atoms with van der Waals surface area (Å²) in [5.41, 5.74) is 0. The van der Waals surface area contributed by atoms with Crippen molar-refractivity contribution in [3.8, 4) is 0 Å². The predicted octanol–water partition coefficient (Wildman–Crippen LogP) is 2.97. The Morgan fingerprint density at radius 3 is 2.09 bits per heavy atom. The van der Waals surface area contributed by atoms with E-state index in [9.17, 15) is 0 Å². The lowest BCUT2D eigenvalue weighted by Crippen LogP contribution is -2.06. The van der Waals surface area contributed by atoms with E-state index in [0.29, 0.717) is 0 Å². The van der Waals surface area contributed by atoms with Crippen molar-refractivity contribution in [3.63, 3.8) is 0 Å². The van der Waals surface area contributed by atoms with Crippen LogP contribution in [0.25, 0.3) is 0 Å². The minimum Gasteiger partial charge on any atom is -0.393 e. The molecule has 0 aromatic carbocycles. The van der Waals surface area contributed by atoms with Crippen molar-refractivity contribution in [2.24, 2.45) is 5.92 Å². The van der Waals surface area contributed by atoms with Gasteiger partial charge < -0.3 is 5.11 Å². The maximum atomic E-state index is 9.01. The lowest BCUT2D eigenvalue weighted by molar-refractivity contribution is 0.161. The lowest BCUT2D eigenvalue weighted by Gasteiger charge is -2.09. The second-order valence-electron chi connectivity index (χ2n) is 3.24. The van der Waals surface area contributed by atoms with Gasteiger partial charge >= 0.3 is 0 Å². The zero-order chi connectivity index (χ0) is 8.69. The highest BCUT2D eigenvalue weighted by atomic mass is 16.3. The summed E-state index contributed by atoms with van der Waals surface area (Å²) in [5, 5.41) is 9.01.